The van der Waals surface area contributed by atoms with Gasteiger partial charge in [0.2, 0.25) is 5.91 Å². The van der Waals surface area contributed by atoms with Crippen molar-refractivity contribution in [3.63, 3.8) is 0 Å². The second kappa shape index (κ2) is 14.5. The summed E-state index contributed by atoms with van der Waals surface area (Å²) in [5, 5.41) is 13.7. The second-order valence-corrected chi connectivity index (χ2v) is 12.6. The Balaban J connectivity index is 1.67. The third kappa shape index (κ3) is 8.93. The first kappa shape index (κ1) is 32.9. The summed E-state index contributed by atoms with van der Waals surface area (Å²) >= 11 is 1.19. The number of benzene rings is 1. The Morgan fingerprint density at radius 2 is 1.79 bits per heavy atom. The number of aromatic nitrogens is 1. The average Bonchev–Trinajstić information content (AvgIpc) is 2.96. The highest BCUT2D eigenvalue weighted by molar-refractivity contribution is 8.00. The van der Waals surface area contributed by atoms with Gasteiger partial charge >= 0.3 is 12.1 Å². The topological polar surface area (TPSA) is 155 Å². The van der Waals surface area contributed by atoms with Gasteiger partial charge in [-0.05, 0) is 67.6 Å². The molecule has 1 fully saturated rings. The lowest BCUT2D eigenvalue weighted by atomic mass is 9.75. The number of hydrogen-bond acceptors (Lipinski definition) is 9. The van der Waals surface area contributed by atoms with Crippen molar-refractivity contribution < 1.29 is 40.7 Å². The van der Waals surface area contributed by atoms with E-state index in [1.165, 1.54) is 36.0 Å². The molecule has 0 radical (unpaired) electrons. The van der Waals surface area contributed by atoms with Gasteiger partial charge in [0, 0.05) is 29.8 Å². The Labute approximate surface area is 245 Å². The zero-order valence-corrected chi connectivity index (χ0v) is 24.0. The maximum atomic E-state index is 13.3. The molecule has 15 heteroatoms. The molecule has 0 saturated heterocycles. The summed E-state index contributed by atoms with van der Waals surface area (Å²) < 4.78 is 70.6. The SMILES string of the molecule is N#CCNC(=O)C1(OC(=O)C(F)(F)F)CCCCC1CS(=O)(=O)c1ccc(SCC(=O)NCCc2ccncc2)cc1. The highest BCUT2D eigenvalue weighted by Gasteiger charge is 2.55. The molecule has 0 aliphatic heterocycles. The number of ether oxygens (including phenoxy) is 1. The zero-order chi connectivity index (χ0) is 30.8. The number of pyridine rings is 1. The summed E-state index contributed by atoms with van der Waals surface area (Å²) in [4.78, 5) is 41.3. The van der Waals surface area contributed by atoms with E-state index in [4.69, 9.17) is 10.00 Å². The van der Waals surface area contributed by atoms with E-state index in [0.717, 1.165) is 5.56 Å². The van der Waals surface area contributed by atoms with Gasteiger partial charge in [0.25, 0.3) is 5.91 Å². The van der Waals surface area contributed by atoms with Crippen LogP contribution in [0.3, 0.4) is 0 Å². The minimum Gasteiger partial charge on any atom is -0.442 e. The number of sulfone groups is 1. The van der Waals surface area contributed by atoms with E-state index >= 15 is 0 Å². The van der Waals surface area contributed by atoms with E-state index in [1.807, 2.05) is 12.1 Å². The molecule has 2 N–H and O–H groups in total. The number of rotatable bonds is 12. The monoisotopic (exact) mass is 626 g/mol. The molecule has 42 heavy (non-hydrogen) atoms. The number of nitriles is 1. The van der Waals surface area contributed by atoms with Gasteiger partial charge in [-0.1, -0.05) is 6.42 Å². The Bertz CT molecular complexity index is 1400. The van der Waals surface area contributed by atoms with Gasteiger partial charge < -0.3 is 15.4 Å². The molecule has 1 aromatic heterocycles. The fourth-order valence-electron chi connectivity index (χ4n) is 4.61. The van der Waals surface area contributed by atoms with Gasteiger partial charge in [-0.2, -0.15) is 18.4 Å². The van der Waals surface area contributed by atoms with E-state index in [9.17, 15) is 36.0 Å². The third-order valence-corrected chi connectivity index (χ3v) is 9.53. The number of halogens is 3. The molecular weight excluding hydrogens is 597 g/mol. The minimum atomic E-state index is -5.41. The van der Waals surface area contributed by atoms with E-state index in [2.05, 4.69) is 15.6 Å². The Morgan fingerprint density at radius 3 is 2.43 bits per heavy atom. The van der Waals surface area contributed by atoms with Crippen LogP contribution in [-0.4, -0.2) is 67.6 Å². The first-order chi connectivity index (χ1) is 19.9. The molecular formula is C27H29F3N4O6S2. The average molecular weight is 627 g/mol. The second-order valence-electron chi connectivity index (χ2n) is 9.56. The fraction of sp³-hybridized carbons (Fsp3) is 0.444. The maximum absolute atomic E-state index is 13.3. The van der Waals surface area contributed by atoms with Crippen LogP contribution in [0.25, 0.3) is 0 Å². The quantitative estimate of drug-likeness (QED) is 0.206. The number of carbonyl (C=O) groups is 3. The predicted octanol–water partition coefficient (Wildman–Crippen LogP) is 2.98. The molecule has 2 atom stereocenters. The molecule has 226 valence electrons. The van der Waals surface area contributed by atoms with Gasteiger partial charge in [-0.15, -0.1) is 11.8 Å². The highest BCUT2D eigenvalue weighted by atomic mass is 32.2. The molecule has 1 aromatic carbocycles. The molecule has 1 heterocycles. The van der Waals surface area contributed by atoms with Crippen LogP contribution in [0.15, 0.2) is 58.6 Å². The lowest BCUT2D eigenvalue weighted by Gasteiger charge is -2.41. The number of carbonyl (C=O) groups excluding carboxylic acids is 3. The van der Waals surface area contributed by atoms with Crippen LogP contribution < -0.4 is 10.6 Å². The van der Waals surface area contributed by atoms with Crippen LogP contribution in [0.5, 0.6) is 0 Å². The number of thioether (sulfide) groups is 1. The van der Waals surface area contributed by atoms with E-state index in [0.29, 0.717) is 24.3 Å². The summed E-state index contributed by atoms with van der Waals surface area (Å²) in [6.45, 7) is -0.123. The summed E-state index contributed by atoms with van der Waals surface area (Å²) in [6, 6.07) is 10.9. The number of nitrogens with zero attached hydrogens (tertiary/aromatic N) is 2. The summed E-state index contributed by atoms with van der Waals surface area (Å²) in [5.74, 6) is -5.91. The van der Waals surface area contributed by atoms with Crippen LogP contribution in [0.1, 0.15) is 31.2 Å². The molecule has 1 aliphatic carbocycles. The van der Waals surface area contributed by atoms with Crippen molar-refractivity contribution in [3.05, 3.63) is 54.4 Å². The molecule has 0 spiro atoms. The molecule has 3 rings (SSSR count). The zero-order valence-electron chi connectivity index (χ0n) is 22.4. The Morgan fingerprint density at radius 1 is 1.10 bits per heavy atom. The van der Waals surface area contributed by atoms with Crippen LogP contribution in [-0.2, 0) is 35.4 Å². The molecule has 1 aliphatic rings. The highest BCUT2D eigenvalue weighted by Crippen LogP contribution is 2.40. The summed E-state index contributed by atoms with van der Waals surface area (Å²) in [6.07, 6.45) is -1.14. The van der Waals surface area contributed by atoms with Crippen LogP contribution in [0.2, 0.25) is 0 Å². The molecule has 10 nitrogen and oxygen atoms in total. The molecule has 0 bridgehead atoms. The Hall–Kier alpha value is -3.64. The molecule has 2 unspecified atom stereocenters. The van der Waals surface area contributed by atoms with Crippen LogP contribution in [0.4, 0.5) is 13.2 Å². The van der Waals surface area contributed by atoms with E-state index < -0.39 is 51.7 Å². The van der Waals surface area contributed by atoms with Crippen molar-refractivity contribution in [2.75, 3.05) is 24.6 Å². The van der Waals surface area contributed by atoms with Crippen molar-refractivity contribution in [3.8, 4) is 6.07 Å². The minimum absolute atomic E-state index is 0.00848. The lowest BCUT2D eigenvalue weighted by molar-refractivity contribution is -0.221. The van der Waals surface area contributed by atoms with Crippen molar-refractivity contribution in [1.82, 2.24) is 15.6 Å². The maximum Gasteiger partial charge on any atom is 0.490 e. The molecule has 2 aromatic rings. The van der Waals surface area contributed by atoms with Crippen LogP contribution in [0, 0.1) is 17.2 Å². The molecule has 1 saturated carbocycles. The number of esters is 1. The number of amides is 2. The van der Waals surface area contributed by atoms with E-state index in [-0.39, 0.29) is 35.8 Å². The number of hydrogen-bond donors (Lipinski definition) is 2. The smallest absolute Gasteiger partial charge is 0.442 e. The molecule has 2 amide bonds. The number of nitrogens with one attached hydrogen (secondary N) is 2. The summed E-state index contributed by atoms with van der Waals surface area (Å²) in [7, 11) is -4.15. The van der Waals surface area contributed by atoms with Crippen molar-refractivity contribution in [1.29, 1.82) is 5.26 Å². The van der Waals surface area contributed by atoms with Crippen molar-refractivity contribution in [2.24, 2.45) is 5.92 Å². The van der Waals surface area contributed by atoms with E-state index in [1.54, 1.807) is 18.5 Å². The predicted molar refractivity (Wildman–Crippen MR) is 146 cm³/mol. The Kier molecular flexibility index (Phi) is 11.3. The third-order valence-electron chi connectivity index (χ3n) is 6.69. The number of alkyl halides is 3. The van der Waals surface area contributed by atoms with Gasteiger partial charge in [0.1, 0.15) is 6.54 Å². The van der Waals surface area contributed by atoms with Crippen molar-refractivity contribution >= 4 is 39.4 Å². The van der Waals surface area contributed by atoms with Crippen LogP contribution >= 0.6 is 11.8 Å². The fourth-order valence-corrected chi connectivity index (χ4v) is 7.04. The first-order valence-corrected chi connectivity index (χ1v) is 15.6. The van der Waals surface area contributed by atoms with Gasteiger partial charge in [0.15, 0.2) is 15.4 Å². The van der Waals surface area contributed by atoms with Crippen molar-refractivity contribution in [2.45, 2.75) is 53.7 Å². The van der Waals surface area contributed by atoms with Gasteiger partial charge in [-0.25, -0.2) is 13.2 Å². The summed E-state index contributed by atoms with van der Waals surface area (Å²) in [5.41, 5.74) is -1.38. The largest absolute Gasteiger partial charge is 0.490 e. The van der Waals surface area contributed by atoms with Gasteiger partial charge in [-0.3, -0.25) is 14.6 Å². The van der Waals surface area contributed by atoms with Gasteiger partial charge in [0.05, 0.1) is 22.5 Å². The normalized spacial score (nSPS) is 18.9. The first-order valence-electron chi connectivity index (χ1n) is 12.9. The lowest BCUT2D eigenvalue weighted by Crippen LogP contribution is -2.59. The standard InChI is InChI=1S/C27H29F3N4O6S2/c28-27(29,30)25(37)40-26(24(36)34-16-12-31)11-2-1-3-20(26)18-42(38,39)22-6-4-21(5-7-22)41-17-23(35)33-15-10-19-8-13-32-14-9-19/h4-9,13-14,20H,1-3,10-11,15-18H2,(H,33,35)(H,34,36).